The lowest BCUT2D eigenvalue weighted by molar-refractivity contribution is -0.140. The van der Waals surface area contributed by atoms with E-state index in [-0.39, 0.29) is 23.0 Å². The van der Waals surface area contributed by atoms with Crippen LogP contribution in [0.2, 0.25) is 0 Å². The van der Waals surface area contributed by atoms with Gasteiger partial charge < -0.3 is 9.72 Å². The number of fused-ring (bicyclic) bond motifs is 1. The Balaban J connectivity index is 2.56. The van der Waals surface area contributed by atoms with Crippen LogP contribution in [0.3, 0.4) is 0 Å². The lowest BCUT2D eigenvalue weighted by Gasteiger charge is -2.08. The van der Waals surface area contributed by atoms with E-state index in [9.17, 15) is 22.8 Å². The third-order valence-corrected chi connectivity index (χ3v) is 2.78. The van der Waals surface area contributed by atoms with E-state index in [1.807, 2.05) is 0 Å². The van der Waals surface area contributed by atoms with Crippen molar-refractivity contribution in [2.24, 2.45) is 0 Å². The van der Waals surface area contributed by atoms with Gasteiger partial charge in [-0.15, -0.1) is 0 Å². The molecule has 0 bridgehead atoms. The molecule has 1 aromatic carbocycles. The van der Waals surface area contributed by atoms with Crippen molar-refractivity contribution in [1.82, 2.24) is 4.98 Å². The fraction of sp³-hybridized carbons (Fsp3) is 0.231. The number of aromatic amines is 1. The first-order valence-corrected chi connectivity index (χ1v) is 5.61. The fourth-order valence-corrected chi connectivity index (χ4v) is 1.81. The SMILES string of the molecule is COC(=O)Cc1cc(=O)c2ccc(C(F)(F)F)cc2[nH]1. The Labute approximate surface area is 111 Å². The molecule has 0 radical (unpaired) electrons. The molecular formula is C13H10F3NO3. The monoisotopic (exact) mass is 285 g/mol. The average Bonchev–Trinajstić information content (AvgIpc) is 2.36. The summed E-state index contributed by atoms with van der Waals surface area (Å²) in [7, 11) is 1.18. The molecule has 0 fully saturated rings. The molecule has 0 atom stereocenters. The second-order valence-corrected chi connectivity index (χ2v) is 4.17. The van der Waals surface area contributed by atoms with Crippen molar-refractivity contribution in [3.63, 3.8) is 0 Å². The number of benzene rings is 1. The zero-order valence-electron chi connectivity index (χ0n) is 10.4. The number of aromatic nitrogens is 1. The Kier molecular flexibility index (Phi) is 3.52. The number of hydrogen-bond acceptors (Lipinski definition) is 3. The minimum Gasteiger partial charge on any atom is -0.469 e. The molecule has 1 N–H and O–H groups in total. The molecule has 0 aliphatic heterocycles. The minimum absolute atomic E-state index is 0.0335. The number of methoxy groups -OCH3 is 1. The van der Waals surface area contributed by atoms with Crippen molar-refractivity contribution < 1.29 is 22.7 Å². The van der Waals surface area contributed by atoms with Gasteiger partial charge in [-0.1, -0.05) is 0 Å². The Bertz CT molecular complexity index is 719. The van der Waals surface area contributed by atoms with Crippen molar-refractivity contribution in [2.45, 2.75) is 12.6 Å². The summed E-state index contributed by atoms with van der Waals surface area (Å²) < 4.78 is 42.3. The summed E-state index contributed by atoms with van der Waals surface area (Å²) in [5, 5.41) is 0.131. The van der Waals surface area contributed by atoms with E-state index in [1.165, 1.54) is 13.2 Å². The van der Waals surface area contributed by atoms with E-state index in [4.69, 9.17) is 0 Å². The molecule has 0 saturated heterocycles. The van der Waals surface area contributed by atoms with Crippen molar-refractivity contribution >= 4 is 16.9 Å². The number of pyridine rings is 1. The average molecular weight is 285 g/mol. The summed E-state index contributed by atoms with van der Waals surface area (Å²) >= 11 is 0. The number of halogens is 3. The number of alkyl halides is 3. The van der Waals surface area contributed by atoms with Gasteiger partial charge >= 0.3 is 12.1 Å². The zero-order chi connectivity index (χ0) is 14.9. The van der Waals surface area contributed by atoms with Crippen LogP contribution in [0.25, 0.3) is 10.9 Å². The Morgan fingerprint density at radius 2 is 2.00 bits per heavy atom. The number of hydrogen-bond donors (Lipinski definition) is 1. The molecule has 7 heteroatoms. The van der Waals surface area contributed by atoms with Gasteiger partial charge in [0.15, 0.2) is 5.43 Å². The van der Waals surface area contributed by atoms with Crippen molar-refractivity contribution in [3.05, 3.63) is 45.7 Å². The van der Waals surface area contributed by atoms with E-state index < -0.39 is 23.1 Å². The highest BCUT2D eigenvalue weighted by Gasteiger charge is 2.30. The van der Waals surface area contributed by atoms with Crippen molar-refractivity contribution in [2.75, 3.05) is 7.11 Å². The number of nitrogens with one attached hydrogen (secondary N) is 1. The van der Waals surface area contributed by atoms with Crippen LogP contribution in [-0.2, 0) is 22.1 Å². The van der Waals surface area contributed by atoms with E-state index in [1.54, 1.807) is 0 Å². The van der Waals surface area contributed by atoms with Gasteiger partial charge in [0.05, 0.1) is 24.6 Å². The second kappa shape index (κ2) is 4.99. The van der Waals surface area contributed by atoms with Gasteiger partial charge in [-0.3, -0.25) is 9.59 Å². The van der Waals surface area contributed by atoms with Crippen LogP contribution in [0.5, 0.6) is 0 Å². The number of rotatable bonds is 2. The van der Waals surface area contributed by atoms with Gasteiger partial charge in [-0.25, -0.2) is 0 Å². The molecule has 4 nitrogen and oxygen atoms in total. The van der Waals surface area contributed by atoms with Crippen LogP contribution < -0.4 is 5.43 Å². The molecule has 0 aliphatic rings. The maximum absolute atomic E-state index is 12.6. The zero-order valence-corrected chi connectivity index (χ0v) is 10.4. The smallest absolute Gasteiger partial charge is 0.416 e. The largest absolute Gasteiger partial charge is 0.469 e. The predicted molar refractivity (Wildman–Crippen MR) is 65.3 cm³/mol. The van der Waals surface area contributed by atoms with Crippen LogP contribution in [0.15, 0.2) is 29.1 Å². The Morgan fingerprint density at radius 3 is 2.60 bits per heavy atom. The van der Waals surface area contributed by atoms with Crippen LogP contribution in [-0.4, -0.2) is 18.1 Å². The van der Waals surface area contributed by atoms with Gasteiger partial charge in [-0.05, 0) is 18.2 Å². The first-order chi connectivity index (χ1) is 9.31. The number of carbonyl (C=O) groups is 1. The van der Waals surface area contributed by atoms with E-state index >= 15 is 0 Å². The lowest BCUT2D eigenvalue weighted by atomic mass is 10.1. The molecule has 2 aromatic rings. The van der Waals surface area contributed by atoms with Crippen molar-refractivity contribution in [3.8, 4) is 0 Å². The molecule has 2 rings (SSSR count). The predicted octanol–water partition coefficient (Wildman–Crippen LogP) is 2.26. The molecule has 0 aliphatic carbocycles. The highest BCUT2D eigenvalue weighted by Crippen LogP contribution is 2.30. The van der Waals surface area contributed by atoms with Gasteiger partial charge in [0.1, 0.15) is 0 Å². The standard InChI is InChI=1S/C13H10F3NO3/c1-20-12(19)6-8-5-11(18)9-3-2-7(13(14,15)16)4-10(9)17-8/h2-5H,6H2,1H3,(H,17,18). The first kappa shape index (κ1) is 14.1. The fourth-order valence-electron chi connectivity index (χ4n) is 1.81. The van der Waals surface area contributed by atoms with Gasteiger partial charge in [0.2, 0.25) is 0 Å². The molecule has 1 aromatic heterocycles. The maximum atomic E-state index is 12.6. The summed E-state index contributed by atoms with van der Waals surface area (Å²) in [5.41, 5.74) is -1.08. The lowest BCUT2D eigenvalue weighted by Crippen LogP contribution is -2.12. The van der Waals surface area contributed by atoms with Crippen LogP contribution in [0.1, 0.15) is 11.3 Å². The molecule has 0 unspecified atom stereocenters. The second-order valence-electron chi connectivity index (χ2n) is 4.17. The molecule has 0 spiro atoms. The van der Waals surface area contributed by atoms with E-state index in [0.717, 1.165) is 18.2 Å². The quantitative estimate of drug-likeness (QED) is 0.861. The van der Waals surface area contributed by atoms with Gasteiger partial charge in [-0.2, -0.15) is 13.2 Å². The summed E-state index contributed by atoms with van der Waals surface area (Å²) in [5.74, 6) is -0.591. The molecule has 20 heavy (non-hydrogen) atoms. The maximum Gasteiger partial charge on any atom is 0.416 e. The molecular weight excluding hydrogens is 275 g/mol. The third-order valence-electron chi connectivity index (χ3n) is 2.78. The van der Waals surface area contributed by atoms with E-state index in [2.05, 4.69) is 9.72 Å². The normalized spacial score (nSPS) is 11.6. The first-order valence-electron chi connectivity index (χ1n) is 5.61. The highest BCUT2D eigenvalue weighted by molar-refractivity contribution is 5.80. The third kappa shape index (κ3) is 2.81. The molecule has 1 heterocycles. The minimum atomic E-state index is -4.50. The molecule has 106 valence electrons. The van der Waals surface area contributed by atoms with Gasteiger partial charge in [0.25, 0.3) is 0 Å². The topological polar surface area (TPSA) is 59.2 Å². The summed E-state index contributed by atoms with van der Waals surface area (Å²) in [4.78, 5) is 25.6. The van der Waals surface area contributed by atoms with Crippen LogP contribution >= 0.6 is 0 Å². The Morgan fingerprint density at radius 1 is 1.30 bits per heavy atom. The number of carbonyl (C=O) groups excluding carboxylic acids is 1. The summed E-state index contributed by atoms with van der Waals surface area (Å²) in [6, 6.07) is 3.97. The van der Waals surface area contributed by atoms with Crippen LogP contribution in [0, 0.1) is 0 Å². The summed E-state index contributed by atoms with van der Waals surface area (Å²) in [6.07, 6.45) is -4.71. The van der Waals surface area contributed by atoms with Gasteiger partial charge in [0, 0.05) is 17.1 Å². The highest BCUT2D eigenvalue weighted by atomic mass is 19.4. The van der Waals surface area contributed by atoms with Crippen molar-refractivity contribution in [1.29, 1.82) is 0 Å². The van der Waals surface area contributed by atoms with E-state index in [0.29, 0.717) is 0 Å². The number of ether oxygens (including phenoxy) is 1. The molecule has 0 saturated carbocycles. The number of H-pyrrole nitrogens is 1. The number of esters is 1. The summed E-state index contributed by atoms with van der Waals surface area (Å²) in [6.45, 7) is 0. The van der Waals surface area contributed by atoms with Crippen LogP contribution in [0.4, 0.5) is 13.2 Å². The molecule has 0 amide bonds. The Hall–Kier alpha value is -2.31.